The van der Waals surface area contributed by atoms with Crippen LogP contribution in [-0.4, -0.2) is 45.3 Å². The summed E-state index contributed by atoms with van der Waals surface area (Å²) in [7, 11) is 0. The molecule has 0 bridgehead atoms. The minimum absolute atomic E-state index is 0.0327. The van der Waals surface area contributed by atoms with Gasteiger partial charge in [-0.2, -0.15) is 18.3 Å². The van der Waals surface area contributed by atoms with Crippen LogP contribution in [0.25, 0.3) is 0 Å². The van der Waals surface area contributed by atoms with Crippen molar-refractivity contribution < 1.29 is 27.5 Å². The number of aliphatic hydroxyl groups excluding tert-OH is 1. The fraction of sp³-hybridized carbons (Fsp3) is 0.375. The predicted octanol–water partition coefficient (Wildman–Crippen LogP) is 2.56. The van der Waals surface area contributed by atoms with Gasteiger partial charge in [0.2, 0.25) is 0 Å². The molecule has 2 aromatic rings. The lowest BCUT2D eigenvalue weighted by atomic mass is 9.87. The number of benzene rings is 1. The summed E-state index contributed by atoms with van der Waals surface area (Å²) in [5.74, 6) is -1.33. The number of carbonyl (C=O) groups excluding carboxylic acids is 1. The number of nitrogens with zero attached hydrogens (tertiary/aromatic N) is 2. The Balaban J connectivity index is 1.69. The minimum Gasteiger partial charge on any atom is -0.391 e. The van der Waals surface area contributed by atoms with Gasteiger partial charge in [0.25, 0.3) is 5.91 Å². The average molecular weight is 357 g/mol. The first-order valence-electron chi connectivity index (χ1n) is 7.61. The Kier molecular flexibility index (Phi) is 4.51. The fourth-order valence-electron chi connectivity index (χ4n) is 2.95. The first-order chi connectivity index (χ1) is 11.8. The SMILES string of the molecule is O=C(c1cc(C(F)(F)F)[nH]n1)N1CC[C@H](c2ccc(F)cc2)[C@@H](O)C1. The number of carbonyl (C=O) groups is 1. The summed E-state index contributed by atoms with van der Waals surface area (Å²) in [6, 6.07) is 6.39. The third-order valence-electron chi connectivity index (χ3n) is 4.27. The van der Waals surface area contributed by atoms with Gasteiger partial charge in [0.1, 0.15) is 11.5 Å². The molecule has 2 heterocycles. The number of aromatic nitrogens is 2. The van der Waals surface area contributed by atoms with E-state index in [9.17, 15) is 27.5 Å². The number of aromatic amines is 1. The minimum atomic E-state index is -4.61. The zero-order chi connectivity index (χ0) is 18.2. The number of hydrogen-bond acceptors (Lipinski definition) is 3. The highest BCUT2D eigenvalue weighted by Gasteiger charge is 2.36. The number of piperidine rings is 1. The molecule has 1 aromatic carbocycles. The van der Waals surface area contributed by atoms with E-state index in [1.807, 2.05) is 0 Å². The van der Waals surface area contributed by atoms with Gasteiger partial charge in [0.05, 0.1) is 6.10 Å². The molecule has 3 rings (SSSR count). The Morgan fingerprint density at radius 2 is 1.96 bits per heavy atom. The maximum atomic E-state index is 13.0. The molecule has 25 heavy (non-hydrogen) atoms. The van der Waals surface area contributed by atoms with Gasteiger partial charge in [0, 0.05) is 25.1 Å². The van der Waals surface area contributed by atoms with Crippen LogP contribution in [0.2, 0.25) is 0 Å². The van der Waals surface area contributed by atoms with Gasteiger partial charge in [-0.1, -0.05) is 12.1 Å². The first-order valence-corrected chi connectivity index (χ1v) is 7.61. The molecule has 1 fully saturated rings. The molecule has 1 saturated heterocycles. The van der Waals surface area contributed by atoms with E-state index in [4.69, 9.17) is 0 Å². The lowest BCUT2D eigenvalue weighted by Gasteiger charge is -2.35. The smallest absolute Gasteiger partial charge is 0.391 e. The molecule has 9 heteroatoms. The van der Waals surface area contributed by atoms with E-state index in [1.165, 1.54) is 17.0 Å². The maximum absolute atomic E-state index is 13.0. The Morgan fingerprint density at radius 3 is 2.52 bits per heavy atom. The van der Waals surface area contributed by atoms with Crippen molar-refractivity contribution in [1.29, 1.82) is 0 Å². The van der Waals surface area contributed by atoms with E-state index in [0.29, 0.717) is 12.5 Å². The average Bonchev–Trinajstić information content (AvgIpc) is 3.05. The number of halogens is 4. The summed E-state index contributed by atoms with van der Waals surface area (Å²) < 4.78 is 50.7. The lowest BCUT2D eigenvalue weighted by Crippen LogP contribution is -2.45. The number of rotatable bonds is 2. The third-order valence-corrected chi connectivity index (χ3v) is 4.27. The van der Waals surface area contributed by atoms with Gasteiger partial charge in [-0.05, 0) is 24.1 Å². The largest absolute Gasteiger partial charge is 0.432 e. The molecular formula is C16H15F4N3O2. The molecule has 0 unspecified atom stereocenters. The summed E-state index contributed by atoms with van der Waals surface area (Å²) in [6.45, 7) is 0.223. The Bertz CT molecular complexity index is 757. The molecule has 1 aromatic heterocycles. The van der Waals surface area contributed by atoms with Crippen LogP contribution < -0.4 is 0 Å². The van der Waals surface area contributed by atoms with E-state index < -0.39 is 23.9 Å². The van der Waals surface area contributed by atoms with Gasteiger partial charge in [-0.15, -0.1) is 0 Å². The molecule has 1 aliphatic rings. The monoisotopic (exact) mass is 357 g/mol. The van der Waals surface area contributed by atoms with Crippen molar-refractivity contribution >= 4 is 5.91 Å². The molecule has 1 amide bonds. The number of nitrogens with one attached hydrogen (secondary N) is 1. The van der Waals surface area contributed by atoms with Crippen molar-refractivity contribution in [2.75, 3.05) is 13.1 Å². The Hall–Kier alpha value is -2.42. The van der Waals surface area contributed by atoms with Gasteiger partial charge >= 0.3 is 6.18 Å². The molecular weight excluding hydrogens is 342 g/mol. The number of H-pyrrole nitrogens is 1. The molecule has 1 aliphatic heterocycles. The van der Waals surface area contributed by atoms with Crippen LogP contribution in [0.4, 0.5) is 17.6 Å². The van der Waals surface area contributed by atoms with Crippen LogP contribution in [0, 0.1) is 5.82 Å². The number of β-amino-alcohol motifs (C(OH)–C–C–N with tert-alkyl or cyclic N) is 1. The summed E-state index contributed by atoms with van der Waals surface area (Å²) in [6.07, 6.45) is -5.10. The molecule has 0 spiro atoms. The lowest BCUT2D eigenvalue weighted by molar-refractivity contribution is -0.141. The van der Waals surface area contributed by atoms with E-state index in [-0.39, 0.29) is 30.5 Å². The summed E-state index contributed by atoms with van der Waals surface area (Å²) in [4.78, 5) is 13.6. The van der Waals surface area contributed by atoms with E-state index >= 15 is 0 Å². The van der Waals surface area contributed by atoms with Gasteiger partial charge < -0.3 is 10.0 Å². The maximum Gasteiger partial charge on any atom is 0.432 e. The number of aliphatic hydroxyl groups is 1. The highest BCUT2D eigenvalue weighted by molar-refractivity contribution is 5.92. The van der Waals surface area contributed by atoms with Crippen LogP contribution >= 0.6 is 0 Å². The summed E-state index contributed by atoms with van der Waals surface area (Å²) in [5.41, 5.74) is -0.697. The topological polar surface area (TPSA) is 69.2 Å². The summed E-state index contributed by atoms with van der Waals surface area (Å²) >= 11 is 0. The van der Waals surface area contributed by atoms with Crippen LogP contribution in [0.1, 0.15) is 34.1 Å². The highest BCUT2D eigenvalue weighted by Crippen LogP contribution is 2.30. The molecule has 0 saturated carbocycles. The van der Waals surface area contributed by atoms with Crippen LogP contribution in [-0.2, 0) is 6.18 Å². The normalized spacial score (nSPS) is 21.4. The Morgan fingerprint density at radius 1 is 1.28 bits per heavy atom. The third kappa shape index (κ3) is 3.65. The predicted molar refractivity (Wildman–Crippen MR) is 79.3 cm³/mol. The van der Waals surface area contributed by atoms with Crippen molar-refractivity contribution in [3.05, 3.63) is 53.1 Å². The van der Waals surface area contributed by atoms with Gasteiger partial charge in [-0.3, -0.25) is 9.89 Å². The van der Waals surface area contributed by atoms with Crippen LogP contribution in [0.15, 0.2) is 30.3 Å². The molecule has 5 nitrogen and oxygen atoms in total. The second-order valence-electron chi connectivity index (χ2n) is 5.93. The van der Waals surface area contributed by atoms with E-state index in [0.717, 1.165) is 5.56 Å². The van der Waals surface area contributed by atoms with Crippen molar-refractivity contribution in [3.63, 3.8) is 0 Å². The molecule has 0 radical (unpaired) electrons. The standard InChI is InChI=1S/C16H15F4N3O2/c17-10-3-1-9(2-4-10)11-5-6-23(8-13(11)24)15(25)12-7-14(22-21-12)16(18,19)20/h1-4,7,11,13,24H,5-6,8H2,(H,21,22)/t11-,13+/m1/s1. The molecule has 0 aliphatic carbocycles. The second-order valence-corrected chi connectivity index (χ2v) is 5.93. The van der Waals surface area contributed by atoms with Crippen LogP contribution in [0.5, 0.6) is 0 Å². The highest BCUT2D eigenvalue weighted by atomic mass is 19.4. The fourth-order valence-corrected chi connectivity index (χ4v) is 2.95. The zero-order valence-electron chi connectivity index (χ0n) is 12.9. The molecule has 2 atom stereocenters. The molecule has 2 N–H and O–H groups in total. The zero-order valence-corrected chi connectivity index (χ0v) is 12.9. The number of likely N-dealkylation sites (tertiary alicyclic amines) is 1. The molecule has 134 valence electrons. The van der Waals surface area contributed by atoms with Crippen molar-refractivity contribution in [2.45, 2.75) is 24.6 Å². The van der Waals surface area contributed by atoms with Crippen molar-refractivity contribution in [1.82, 2.24) is 15.1 Å². The van der Waals surface area contributed by atoms with Crippen molar-refractivity contribution in [3.8, 4) is 0 Å². The van der Waals surface area contributed by atoms with Gasteiger partial charge in [-0.25, -0.2) is 4.39 Å². The number of hydrogen-bond donors (Lipinski definition) is 2. The number of alkyl halides is 3. The number of amides is 1. The van der Waals surface area contributed by atoms with Crippen LogP contribution in [0.3, 0.4) is 0 Å². The van der Waals surface area contributed by atoms with E-state index in [2.05, 4.69) is 5.10 Å². The first kappa shape index (κ1) is 17.4. The van der Waals surface area contributed by atoms with Gasteiger partial charge in [0.15, 0.2) is 5.69 Å². The van der Waals surface area contributed by atoms with E-state index in [1.54, 1.807) is 17.2 Å². The van der Waals surface area contributed by atoms with Crippen molar-refractivity contribution in [2.24, 2.45) is 0 Å². The Labute approximate surface area is 140 Å². The second kappa shape index (κ2) is 6.47. The summed E-state index contributed by atoms with van der Waals surface area (Å²) in [5, 5.41) is 15.5. The quantitative estimate of drug-likeness (QED) is 0.812.